The number of aromatic nitrogens is 2. The van der Waals surface area contributed by atoms with Crippen LogP contribution in [0.5, 0.6) is 0 Å². The molecular formula is C26H25FN4O2. The second-order valence-corrected chi connectivity index (χ2v) is 8.32. The lowest BCUT2D eigenvalue weighted by molar-refractivity contribution is 0.0737. The Hall–Kier alpha value is -3.87. The minimum Gasteiger partial charge on any atom is -0.463 e. The van der Waals surface area contributed by atoms with E-state index >= 15 is 0 Å². The number of furan rings is 1. The number of benzene rings is 2. The predicted molar refractivity (Wildman–Crippen MR) is 125 cm³/mol. The number of hydrogen-bond acceptors (Lipinski definition) is 4. The summed E-state index contributed by atoms with van der Waals surface area (Å²) < 4.78 is 21.4. The zero-order valence-electron chi connectivity index (χ0n) is 18.7. The molecule has 33 heavy (non-hydrogen) atoms. The van der Waals surface area contributed by atoms with Crippen molar-refractivity contribution in [2.24, 2.45) is 0 Å². The van der Waals surface area contributed by atoms with Gasteiger partial charge in [0.15, 0.2) is 5.76 Å². The van der Waals surface area contributed by atoms with Gasteiger partial charge in [-0.15, -0.1) is 0 Å². The van der Waals surface area contributed by atoms with Crippen molar-refractivity contribution in [3.8, 4) is 17.1 Å². The molecule has 2 aromatic heterocycles. The molecule has 1 aliphatic rings. The highest BCUT2D eigenvalue weighted by Gasteiger charge is 2.28. The maximum Gasteiger partial charge on any atom is 0.272 e. The number of carbonyl (C=O) groups is 1. The summed E-state index contributed by atoms with van der Waals surface area (Å²) in [5.74, 6) is 0.264. The largest absolute Gasteiger partial charge is 0.463 e. The third kappa shape index (κ3) is 4.02. The number of amides is 1. The van der Waals surface area contributed by atoms with E-state index in [1.807, 2.05) is 54.0 Å². The second-order valence-electron chi connectivity index (χ2n) is 8.32. The molecule has 1 fully saturated rings. The molecule has 7 heteroatoms. The van der Waals surface area contributed by atoms with Gasteiger partial charge < -0.3 is 14.2 Å². The number of nitrogens with zero attached hydrogens (tertiary/aromatic N) is 4. The number of carbonyl (C=O) groups excluding carboxylic acids is 1. The van der Waals surface area contributed by atoms with Crippen LogP contribution in [-0.2, 0) is 0 Å². The third-order valence-corrected chi connectivity index (χ3v) is 6.05. The van der Waals surface area contributed by atoms with Crippen molar-refractivity contribution in [3.05, 3.63) is 89.6 Å². The average Bonchev–Trinajstić information content (AvgIpc) is 3.51. The van der Waals surface area contributed by atoms with Gasteiger partial charge in [-0.1, -0.05) is 24.3 Å². The lowest BCUT2D eigenvalue weighted by atomic mass is 10.1. The number of halogens is 1. The summed E-state index contributed by atoms with van der Waals surface area (Å²) >= 11 is 0. The van der Waals surface area contributed by atoms with E-state index in [0.29, 0.717) is 49.0 Å². The van der Waals surface area contributed by atoms with Gasteiger partial charge in [0.2, 0.25) is 0 Å². The highest BCUT2D eigenvalue weighted by atomic mass is 19.1. The van der Waals surface area contributed by atoms with E-state index in [1.54, 1.807) is 35.2 Å². The van der Waals surface area contributed by atoms with Crippen LogP contribution in [0.3, 0.4) is 0 Å². The summed E-state index contributed by atoms with van der Waals surface area (Å²) in [5, 5.41) is 4.73. The molecule has 2 aromatic carbocycles. The minimum atomic E-state index is -0.242. The van der Waals surface area contributed by atoms with Crippen LogP contribution in [0.15, 0.2) is 71.3 Å². The smallest absolute Gasteiger partial charge is 0.272 e. The van der Waals surface area contributed by atoms with Crippen molar-refractivity contribution in [3.63, 3.8) is 0 Å². The zero-order valence-corrected chi connectivity index (χ0v) is 18.7. The van der Waals surface area contributed by atoms with E-state index in [9.17, 15) is 9.18 Å². The molecule has 1 saturated heterocycles. The number of hydrogen-bond donors (Lipinski definition) is 0. The van der Waals surface area contributed by atoms with Crippen molar-refractivity contribution >= 4 is 11.6 Å². The summed E-state index contributed by atoms with van der Waals surface area (Å²) in [7, 11) is 0. The molecule has 0 saturated carbocycles. The average molecular weight is 445 g/mol. The Morgan fingerprint density at radius 1 is 0.939 bits per heavy atom. The van der Waals surface area contributed by atoms with E-state index in [1.165, 1.54) is 6.07 Å². The predicted octanol–water partition coefficient (Wildman–Crippen LogP) is 4.85. The molecule has 3 heterocycles. The van der Waals surface area contributed by atoms with E-state index in [2.05, 4.69) is 0 Å². The van der Waals surface area contributed by atoms with Crippen molar-refractivity contribution in [1.29, 1.82) is 0 Å². The molecule has 0 spiro atoms. The first kappa shape index (κ1) is 21.0. The van der Waals surface area contributed by atoms with Gasteiger partial charge in [-0.3, -0.25) is 4.79 Å². The molecule has 0 unspecified atom stereocenters. The fourth-order valence-corrected chi connectivity index (χ4v) is 4.23. The van der Waals surface area contributed by atoms with Gasteiger partial charge in [-0.05, 0) is 55.3 Å². The standard InChI is InChI=1S/C26H25FN4O2/c1-18-9-10-19(2)23(16-18)31-24(17-21(28-31)25-8-5-15-33-25)26(32)30-13-11-29(12-14-30)22-7-4-3-6-20(22)27/h3-10,15-17H,11-14H2,1-2H3. The lowest BCUT2D eigenvalue weighted by Gasteiger charge is -2.36. The Balaban J connectivity index is 1.45. The topological polar surface area (TPSA) is 54.5 Å². The van der Waals surface area contributed by atoms with E-state index in [4.69, 9.17) is 9.52 Å². The van der Waals surface area contributed by atoms with E-state index in [-0.39, 0.29) is 11.7 Å². The van der Waals surface area contributed by atoms with Gasteiger partial charge in [0.1, 0.15) is 17.2 Å². The molecule has 4 aromatic rings. The molecule has 0 aliphatic carbocycles. The fraction of sp³-hybridized carbons (Fsp3) is 0.231. The van der Waals surface area contributed by atoms with Gasteiger partial charge in [0.25, 0.3) is 5.91 Å². The Labute approximate surface area is 191 Å². The molecule has 168 valence electrons. The quantitative estimate of drug-likeness (QED) is 0.452. The molecule has 1 aliphatic heterocycles. The van der Waals surface area contributed by atoms with Gasteiger partial charge in [-0.2, -0.15) is 5.10 Å². The van der Waals surface area contributed by atoms with Crippen molar-refractivity contribution in [2.45, 2.75) is 13.8 Å². The van der Waals surface area contributed by atoms with Crippen LogP contribution < -0.4 is 4.90 Å². The molecule has 1 amide bonds. The molecule has 0 bridgehead atoms. The number of rotatable bonds is 4. The highest BCUT2D eigenvalue weighted by Crippen LogP contribution is 2.26. The van der Waals surface area contributed by atoms with Crippen molar-refractivity contribution in [2.75, 3.05) is 31.1 Å². The lowest BCUT2D eigenvalue weighted by Crippen LogP contribution is -2.49. The summed E-state index contributed by atoms with van der Waals surface area (Å²) in [4.78, 5) is 17.4. The molecule has 0 radical (unpaired) electrons. The first-order chi connectivity index (χ1) is 16.0. The maximum atomic E-state index is 14.2. The SMILES string of the molecule is Cc1ccc(C)c(-n2nc(-c3ccco3)cc2C(=O)N2CCN(c3ccccc3F)CC2)c1. The summed E-state index contributed by atoms with van der Waals surface area (Å²) in [6.45, 7) is 6.15. The summed E-state index contributed by atoms with van der Waals surface area (Å²) in [5.41, 5.74) is 4.63. The first-order valence-corrected chi connectivity index (χ1v) is 11.0. The van der Waals surface area contributed by atoms with Crippen LogP contribution >= 0.6 is 0 Å². The van der Waals surface area contributed by atoms with Crippen molar-refractivity contribution in [1.82, 2.24) is 14.7 Å². The molecule has 6 nitrogen and oxygen atoms in total. The summed E-state index contributed by atoms with van der Waals surface area (Å²) in [6, 6.07) is 18.3. The van der Waals surface area contributed by atoms with E-state index < -0.39 is 0 Å². The number of piperazine rings is 1. The number of aryl methyl sites for hydroxylation is 2. The molecule has 0 N–H and O–H groups in total. The van der Waals surface area contributed by atoms with Crippen LogP contribution in [0.1, 0.15) is 21.6 Å². The zero-order chi connectivity index (χ0) is 22.9. The second kappa shape index (κ2) is 8.58. The fourth-order valence-electron chi connectivity index (χ4n) is 4.23. The van der Waals surface area contributed by atoms with Crippen molar-refractivity contribution < 1.29 is 13.6 Å². The van der Waals surface area contributed by atoms with Crippen LogP contribution in [0.4, 0.5) is 10.1 Å². The van der Waals surface area contributed by atoms with Crippen LogP contribution in [0.25, 0.3) is 17.1 Å². The van der Waals surface area contributed by atoms with Gasteiger partial charge >= 0.3 is 0 Å². The van der Waals surface area contributed by atoms with Gasteiger partial charge in [-0.25, -0.2) is 9.07 Å². The summed E-state index contributed by atoms with van der Waals surface area (Å²) in [6.07, 6.45) is 1.59. The van der Waals surface area contributed by atoms with E-state index in [0.717, 1.165) is 16.8 Å². The Bertz CT molecular complexity index is 1290. The molecular weight excluding hydrogens is 419 g/mol. The number of para-hydroxylation sites is 1. The van der Waals surface area contributed by atoms with Crippen LogP contribution in [0, 0.1) is 19.7 Å². The molecule has 5 rings (SSSR count). The van der Waals surface area contributed by atoms with Crippen LogP contribution in [-0.4, -0.2) is 46.8 Å². The molecule has 0 atom stereocenters. The highest BCUT2D eigenvalue weighted by molar-refractivity contribution is 5.94. The van der Waals surface area contributed by atoms with Crippen LogP contribution in [0.2, 0.25) is 0 Å². The Morgan fingerprint density at radius 2 is 1.73 bits per heavy atom. The Morgan fingerprint density at radius 3 is 2.45 bits per heavy atom. The first-order valence-electron chi connectivity index (χ1n) is 11.0. The monoisotopic (exact) mass is 444 g/mol. The third-order valence-electron chi connectivity index (χ3n) is 6.05. The number of anilines is 1. The van der Waals surface area contributed by atoms with Gasteiger partial charge in [0.05, 0.1) is 17.6 Å². The maximum absolute atomic E-state index is 14.2. The minimum absolute atomic E-state index is 0.102. The normalized spacial score (nSPS) is 14.0. The van der Waals surface area contributed by atoms with Gasteiger partial charge in [0, 0.05) is 32.2 Å². The Kier molecular flexibility index (Phi) is 5.46.